The van der Waals surface area contributed by atoms with E-state index in [0.29, 0.717) is 22.6 Å². The fraction of sp³-hybridized carbons (Fsp3) is 0.0476. The number of nitrogens with one attached hydrogen (secondary N) is 2. The van der Waals surface area contributed by atoms with Crippen LogP contribution in [0.15, 0.2) is 78.9 Å². The van der Waals surface area contributed by atoms with Gasteiger partial charge in [0.25, 0.3) is 11.8 Å². The van der Waals surface area contributed by atoms with Gasteiger partial charge in [-0.05, 0) is 60.7 Å². The minimum absolute atomic E-state index is 0.386. The van der Waals surface area contributed by atoms with Crippen LogP contribution in [0, 0.1) is 0 Å². The maximum Gasteiger partial charge on any atom is 0.269 e. The van der Waals surface area contributed by atoms with Crippen LogP contribution in [0.2, 0.25) is 0 Å². The van der Waals surface area contributed by atoms with E-state index in [1.807, 2.05) is 6.07 Å². The second kappa shape index (κ2) is 8.53. The maximum atomic E-state index is 12.1. The van der Waals surface area contributed by atoms with Gasteiger partial charge >= 0.3 is 0 Å². The first-order valence-electron chi connectivity index (χ1n) is 8.23. The predicted molar refractivity (Wildman–Crippen MR) is 101 cm³/mol. The predicted octanol–water partition coefficient (Wildman–Crippen LogP) is 3.56. The van der Waals surface area contributed by atoms with Crippen LogP contribution in [-0.4, -0.2) is 18.9 Å². The average molecular weight is 362 g/mol. The summed E-state index contributed by atoms with van der Waals surface area (Å²) in [6, 6.07) is 22.4. The van der Waals surface area contributed by atoms with Crippen molar-refractivity contribution in [2.75, 3.05) is 7.11 Å². The van der Waals surface area contributed by atoms with Crippen molar-refractivity contribution >= 4 is 11.8 Å². The van der Waals surface area contributed by atoms with Crippen molar-refractivity contribution in [3.8, 4) is 17.2 Å². The summed E-state index contributed by atoms with van der Waals surface area (Å²) in [5.41, 5.74) is 5.62. The van der Waals surface area contributed by atoms with Crippen LogP contribution < -0.4 is 20.3 Å². The van der Waals surface area contributed by atoms with Crippen LogP contribution in [0.25, 0.3) is 0 Å². The van der Waals surface area contributed by atoms with Gasteiger partial charge < -0.3 is 9.47 Å². The van der Waals surface area contributed by atoms with Crippen molar-refractivity contribution in [1.29, 1.82) is 0 Å². The molecule has 0 spiro atoms. The van der Waals surface area contributed by atoms with Crippen LogP contribution in [0.5, 0.6) is 17.2 Å². The Labute approximate surface area is 156 Å². The molecule has 2 N–H and O–H groups in total. The van der Waals surface area contributed by atoms with Gasteiger partial charge in [-0.15, -0.1) is 0 Å². The highest BCUT2D eigenvalue weighted by Gasteiger charge is 2.09. The summed E-state index contributed by atoms with van der Waals surface area (Å²) in [7, 11) is 1.60. The van der Waals surface area contributed by atoms with Crippen molar-refractivity contribution in [2.45, 2.75) is 0 Å². The lowest BCUT2D eigenvalue weighted by Crippen LogP contribution is -2.41. The van der Waals surface area contributed by atoms with Gasteiger partial charge in [-0.3, -0.25) is 20.4 Å². The molecule has 0 radical (unpaired) electrons. The third-order valence-corrected chi connectivity index (χ3v) is 3.74. The first-order chi connectivity index (χ1) is 13.2. The van der Waals surface area contributed by atoms with Gasteiger partial charge in [0, 0.05) is 11.1 Å². The molecule has 27 heavy (non-hydrogen) atoms. The Morgan fingerprint density at radius 2 is 1.07 bits per heavy atom. The summed E-state index contributed by atoms with van der Waals surface area (Å²) >= 11 is 0. The minimum atomic E-state index is -0.421. The van der Waals surface area contributed by atoms with Crippen LogP contribution in [-0.2, 0) is 0 Å². The average Bonchev–Trinajstić information content (AvgIpc) is 2.73. The number of benzene rings is 3. The molecule has 0 unspecified atom stereocenters. The largest absolute Gasteiger partial charge is 0.497 e. The summed E-state index contributed by atoms with van der Waals surface area (Å²) in [6.07, 6.45) is 0. The molecule has 0 aromatic heterocycles. The zero-order valence-corrected chi connectivity index (χ0v) is 14.6. The van der Waals surface area contributed by atoms with Crippen molar-refractivity contribution in [1.82, 2.24) is 10.9 Å². The molecule has 0 aliphatic rings. The Morgan fingerprint density at radius 3 is 1.59 bits per heavy atom. The SMILES string of the molecule is COc1ccc(Oc2ccc(C(=O)NNC(=O)c3ccccc3)cc2)cc1. The van der Waals surface area contributed by atoms with Gasteiger partial charge in [-0.25, -0.2) is 0 Å². The highest BCUT2D eigenvalue weighted by Crippen LogP contribution is 2.23. The number of rotatable bonds is 5. The van der Waals surface area contributed by atoms with Crippen LogP contribution in [0.1, 0.15) is 20.7 Å². The van der Waals surface area contributed by atoms with E-state index in [0.717, 1.165) is 5.75 Å². The van der Waals surface area contributed by atoms with E-state index < -0.39 is 5.91 Å². The number of amides is 2. The fourth-order valence-electron chi connectivity index (χ4n) is 2.30. The number of methoxy groups -OCH3 is 1. The molecule has 0 aliphatic heterocycles. The van der Waals surface area contributed by atoms with E-state index >= 15 is 0 Å². The second-order valence-electron chi connectivity index (χ2n) is 5.58. The molecule has 3 aromatic rings. The van der Waals surface area contributed by atoms with Gasteiger partial charge in [-0.2, -0.15) is 0 Å². The monoisotopic (exact) mass is 362 g/mol. The Balaban J connectivity index is 1.56. The van der Waals surface area contributed by atoms with Crippen molar-refractivity contribution in [3.63, 3.8) is 0 Å². The lowest BCUT2D eigenvalue weighted by Gasteiger charge is -2.09. The first-order valence-corrected chi connectivity index (χ1v) is 8.23. The molecule has 0 fully saturated rings. The van der Waals surface area contributed by atoms with Crippen LogP contribution in [0.4, 0.5) is 0 Å². The Morgan fingerprint density at radius 1 is 0.630 bits per heavy atom. The quantitative estimate of drug-likeness (QED) is 0.681. The number of ether oxygens (including phenoxy) is 2. The molecule has 0 bridgehead atoms. The van der Waals surface area contributed by atoms with Crippen molar-refractivity contribution in [2.24, 2.45) is 0 Å². The number of carbonyl (C=O) groups is 2. The first kappa shape index (κ1) is 18.0. The van der Waals surface area contributed by atoms with Crippen LogP contribution >= 0.6 is 0 Å². The van der Waals surface area contributed by atoms with Crippen LogP contribution in [0.3, 0.4) is 0 Å². The number of hydrogen-bond acceptors (Lipinski definition) is 4. The van der Waals surface area contributed by atoms with Crippen molar-refractivity contribution < 1.29 is 19.1 Å². The number of hydrazine groups is 1. The molecule has 2 amide bonds. The normalized spacial score (nSPS) is 9.96. The summed E-state index contributed by atoms with van der Waals surface area (Å²) in [6.45, 7) is 0. The molecule has 0 saturated carbocycles. The zero-order valence-electron chi connectivity index (χ0n) is 14.6. The summed E-state index contributed by atoms with van der Waals surface area (Å²) in [5, 5.41) is 0. The summed E-state index contributed by atoms with van der Waals surface area (Å²) in [4.78, 5) is 24.1. The molecule has 0 atom stereocenters. The van der Waals surface area contributed by atoms with E-state index in [4.69, 9.17) is 9.47 Å². The zero-order chi connectivity index (χ0) is 19.1. The molecule has 0 saturated heterocycles. The Hall–Kier alpha value is -3.80. The second-order valence-corrected chi connectivity index (χ2v) is 5.58. The molecule has 6 nitrogen and oxygen atoms in total. The van der Waals surface area contributed by atoms with E-state index in [9.17, 15) is 9.59 Å². The summed E-state index contributed by atoms with van der Waals surface area (Å²) in [5.74, 6) is 1.18. The number of carbonyl (C=O) groups excluding carboxylic acids is 2. The molecule has 0 heterocycles. The van der Waals surface area contributed by atoms with Gasteiger partial charge in [0.05, 0.1) is 7.11 Å². The van der Waals surface area contributed by atoms with E-state index in [1.54, 1.807) is 79.9 Å². The lowest BCUT2D eigenvalue weighted by atomic mass is 10.2. The van der Waals surface area contributed by atoms with Crippen molar-refractivity contribution in [3.05, 3.63) is 90.0 Å². The van der Waals surface area contributed by atoms with E-state index in [2.05, 4.69) is 10.9 Å². The molecule has 3 rings (SSSR count). The highest BCUT2D eigenvalue weighted by atomic mass is 16.5. The Kier molecular flexibility index (Phi) is 5.69. The molecular formula is C21H18N2O4. The topological polar surface area (TPSA) is 76.7 Å². The lowest BCUT2D eigenvalue weighted by molar-refractivity contribution is 0.0846. The molecule has 3 aromatic carbocycles. The minimum Gasteiger partial charge on any atom is -0.497 e. The molecule has 136 valence electrons. The third-order valence-electron chi connectivity index (χ3n) is 3.74. The van der Waals surface area contributed by atoms with Gasteiger partial charge in [0.1, 0.15) is 17.2 Å². The molecule has 0 aliphatic carbocycles. The third kappa shape index (κ3) is 4.85. The van der Waals surface area contributed by atoms with Gasteiger partial charge in [-0.1, -0.05) is 18.2 Å². The Bertz CT molecular complexity index is 907. The maximum absolute atomic E-state index is 12.1. The fourth-order valence-corrected chi connectivity index (χ4v) is 2.30. The smallest absolute Gasteiger partial charge is 0.269 e. The van der Waals surface area contributed by atoms with Gasteiger partial charge in [0.15, 0.2) is 0 Å². The molecular weight excluding hydrogens is 344 g/mol. The summed E-state index contributed by atoms with van der Waals surface area (Å²) < 4.78 is 10.8. The molecule has 6 heteroatoms. The standard InChI is InChI=1S/C21H18N2O4/c1-26-17-11-13-19(14-12-17)27-18-9-7-16(8-10-18)21(25)23-22-20(24)15-5-3-2-4-6-15/h2-14H,1H3,(H,22,24)(H,23,25). The van der Waals surface area contributed by atoms with E-state index in [-0.39, 0.29) is 5.91 Å². The van der Waals surface area contributed by atoms with E-state index in [1.165, 1.54) is 0 Å². The highest BCUT2D eigenvalue weighted by molar-refractivity contribution is 5.99. The number of hydrogen-bond donors (Lipinski definition) is 2. The van der Waals surface area contributed by atoms with Gasteiger partial charge in [0.2, 0.25) is 0 Å².